The summed E-state index contributed by atoms with van der Waals surface area (Å²) in [5, 5.41) is 15.5. The van der Waals surface area contributed by atoms with Gasteiger partial charge in [0.05, 0.1) is 5.69 Å². The molecular weight excluding hydrogens is 358 g/mol. The molecule has 7 heteroatoms. The second-order valence-corrected chi connectivity index (χ2v) is 7.91. The Labute approximate surface area is 162 Å². The quantitative estimate of drug-likeness (QED) is 0.665. The zero-order valence-corrected chi connectivity index (χ0v) is 16.1. The van der Waals surface area contributed by atoms with E-state index in [1.165, 1.54) is 22.9 Å². The second kappa shape index (κ2) is 7.52. The Morgan fingerprint density at radius 3 is 2.63 bits per heavy atom. The van der Waals surface area contributed by atoms with E-state index in [4.69, 9.17) is 0 Å². The van der Waals surface area contributed by atoms with Crippen LogP contribution in [0.5, 0.6) is 0 Å². The topological polar surface area (TPSA) is 72.7 Å². The molecule has 2 aromatic carbocycles. The summed E-state index contributed by atoms with van der Waals surface area (Å²) in [5.41, 5.74) is 4.22. The first-order valence-electron chi connectivity index (χ1n) is 9.00. The number of hydrogen-bond acceptors (Lipinski definition) is 5. The highest BCUT2D eigenvalue weighted by molar-refractivity contribution is 8.00. The molecule has 0 spiro atoms. The minimum atomic E-state index is -0.400. The first-order valence-corrected chi connectivity index (χ1v) is 9.88. The number of benzene rings is 2. The molecule has 0 bridgehead atoms. The van der Waals surface area contributed by atoms with Gasteiger partial charge in [0.2, 0.25) is 11.1 Å². The molecule has 6 nitrogen and oxygen atoms in total. The minimum Gasteiger partial charge on any atom is -0.352 e. The van der Waals surface area contributed by atoms with Gasteiger partial charge in [0, 0.05) is 6.04 Å². The number of carbonyl (C=O) groups excluding carboxylic acids is 1. The van der Waals surface area contributed by atoms with Gasteiger partial charge in [-0.1, -0.05) is 48.2 Å². The minimum absolute atomic E-state index is 0.00309. The van der Waals surface area contributed by atoms with Crippen molar-refractivity contribution in [3.63, 3.8) is 0 Å². The van der Waals surface area contributed by atoms with Gasteiger partial charge >= 0.3 is 0 Å². The van der Waals surface area contributed by atoms with Crippen molar-refractivity contribution in [1.29, 1.82) is 0 Å². The molecule has 1 fully saturated rings. The average Bonchev–Trinajstić information content (AvgIpc) is 3.37. The highest BCUT2D eigenvalue weighted by Gasteiger charge is 2.30. The van der Waals surface area contributed by atoms with E-state index < -0.39 is 5.25 Å². The van der Waals surface area contributed by atoms with Crippen LogP contribution in [-0.4, -0.2) is 32.2 Å². The molecule has 3 aromatic rings. The van der Waals surface area contributed by atoms with Crippen molar-refractivity contribution in [2.45, 2.75) is 43.1 Å². The van der Waals surface area contributed by atoms with E-state index in [1.54, 1.807) is 4.68 Å². The van der Waals surface area contributed by atoms with Crippen LogP contribution in [0.25, 0.3) is 5.69 Å². The molecule has 1 aliphatic rings. The van der Waals surface area contributed by atoms with Crippen molar-refractivity contribution >= 4 is 17.7 Å². The fourth-order valence-electron chi connectivity index (χ4n) is 2.78. The van der Waals surface area contributed by atoms with Crippen molar-refractivity contribution in [3.8, 4) is 5.69 Å². The summed E-state index contributed by atoms with van der Waals surface area (Å²) in [6.07, 6.45) is 2.11. The van der Waals surface area contributed by atoms with E-state index >= 15 is 0 Å². The van der Waals surface area contributed by atoms with Crippen molar-refractivity contribution in [1.82, 2.24) is 25.5 Å². The predicted octanol–water partition coefficient (Wildman–Crippen LogP) is 3.39. The smallest absolute Gasteiger partial charge is 0.238 e. The third kappa shape index (κ3) is 4.03. The SMILES string of the molecule is Cc1ccc(-n2nnnc2SC(C(=O)NC2CC2)c2ccccc2)cc1C. The molecule has 0 saturated heterocycles. The number of amides is 1. The molecule has 1 aromatic heterocycles. The summed E-state index contributed by atoms with van der Waals surface area (Å²) in [6.45, 7) is 4.13. The summed E-state index contributed by atoms with van der Waals surface area (Å²) in [7, 11) is 0. The number of aromatic nitrogens is 4. The normalized spacial score (nSPS) is 14.7. The maximum absolute atomic E-state index is 12.9. The van der Waals surface area contributed by atoms with Crippen LogP contribution >= 0.6 is 11.8 Å². The molecular formula is C20H21N5OS. The maximum atomic E-state index is 12.9. The van der Waals surface area contributed by atoms with Crippen LogP contribution in [0.4, 0.5) is 0 Å². The van der Waals surface area contributed by atoms with E-state index in [0.717, 1.165) is 24.1 Å². The van der Waals surface area contributed by atoms with Gasteiger partial charge < -0.3 is 5.32 Å². The lowest BCUT2D eigenvalue weighted by atomic mass is 10.1. The first kappa shape index (κ1) is 17.7. The van der Waals surface area contributed by atoms with Crippen LogP contribution in [0.15, 0.2) is 53.7 Å². The molecule has 1 aliphatic carbocycles. The van der Waals surface area contributed by atoms with Gasteiger partial charge in [-0.2, -0.15) is 4.68 Å². The Morgan fingerprint density at radius 1 is 1.15 bits per heavy atom. The first-order chi connectivity index (χ1) is 13.1. The van der Waals surface area contributed by atoms with Crippen LogP contribution in [0.2, 0.25) is 0 Å². The van der Waals surface area contributed by atoms with Gasteiger partial charge in [0.1, 0.15) is 5.25 Å². The number of nitrogens with one attached hydrogen (secondary N) is 1. The van der Waals surface area contributed by atoms with Gasteiger partial charge in [0.15, 0.2) is 0 Å². The fraction of sp³-hybridized carbons (Fsp3) is 0.300. The fourth-order valence-corrected chi connectivity index (χ4v) is 3.79. The lowest BCUT2D eigenvalue weighted by Crippen LogP contribution is -2.29. The molecule has 1 amide bonds. The molecule has 4 rings (SSSR count). The number of thioether (sulfide) groups is 1. The zero-order valence-electron chi connectivity index (χ0n) is 15.3. The number of tetrazole rings is 1. The van der Waals surface area contributed by atoms with Crippen LogP contribution < -0.4 is 5.32 Å². The van der Waals surface area contributed by atoms with Gasteiger partial charge in [-0.25, -0.2) is 0 Å². The Balaban J connectivity index is 1.64. The van der Waals surface area contributed by atoms with Crippen molar-refractivity contribution in [2.24, 2.45) is 0 Å². The van der Waals surface area contributed by atoms with Crippen LogP contribution in [-0.2, 0) is 4.79 Å². The zero-order chi connectivity index (χ0) is 18.8. The number of hydrogen-bond donors (Lipinski definition) is 1. The highest BCUT2D eigenvalue weighted by atomic mass is 32.2. The Kier molecular flexibility index (Phi) is 4.94. The van der Waals surface area contributed by atoms with E-state index in [0.29, 0.717) is 11.2 Å². The number of aryl methyl sites for hydroxylation is 2. The Morgan fingerprint density at radius 2 is 1.93 bits per heavy atom. The predicted molar refractivity (Wildman–Crippen MR) is 105 cm³/mol. The van der Waals surface area contributed by atoms with E-state index in [2.05, 4.69) is 46.8 Å². The summed E-state index contributed by atoms with van der Waals surface area (Å²) < 4.78 is 1.69. The van der Waals surface area contributed by atoms with Crippen molar-refractivity contribution in [3.05, 3.63) is 65.2 Å². The van der Waals surface area contributed by atoms with Crippen molar-refractivity contribution < 1.29 is 4.79 Å². The highest BCUT2D eigenvalue weighted by Crippen LogP contribution is 2.36. The van der Waals surface area contributed by atoms with E-state index in [1.807, 2.05) is 36.4 Å². The van der Waals surface area contributed by atoms with Gasteiger partial charge in [-0.3, -0.25) is 4.79 Å². The average molecular weight is 379 g/mol. The monoisotopic (exact) mass is 379 g/mol. The summed E-state index contributed by atoms with van der Waals surface area (Å²) in [6, 6.07) is 16.2. The summed E-state index contributed by atoms with van der Waals surface area (Å²) >= 11 is 1.37. The van der Waals surface area contributed by atoms with E-state index in [-0.39, 0.29) is 5.91 Å². The molecule has 1 unspecified atom stereocenters. The number of nitrogens with zero attached hydrogens (tertiary/aromatic N) is 4. The largest absolute Gasteiger partial charge is 0.352 e. The van der Waals surface area contributed by atoms with Crippen LogP contribution in [0.3, 0.4) is 0 Å². The molecule has 138 valence electrons. The number of carbonyl (C=O) groups is 1. The van der Waals surface area contributed by atoms with Crippen LogP contribution in [0, 0.1) is 13.8 Å². The Hall–Kier alpha value is -2.67. The summed E-state index contributed by atoms with van der Waals surface area (Å²) in [5.74, 6) is 0.00309. The van der Waals surface area contributed by atoms with Gasteiger partial charge in [0.25, 0.3) is 0 Å². The standard InChI is InChI=1S/C20H21N5OS/c1-13-8-11-17(12-14(13)2)25-20(22-23-24-25)27-18(15-6-4-3-5-7-15)19(26)21-16-9-10-16/h3-8,11-12,16,18H,9-10H2,1-2H3,(H,21,26). The maximum Gasteiger partial charge on any atom is 0.238 e. The third-order valence-electron chi connectivity index (χ3n) is 4.66. The van der Waals surface area contributed by atoms with Crippen LogP contribution in [0.1, 0.15) is 34.8 Å². The van der Waals surface area contributed by atoms with Gasteiger partial charge in [-0.05, 0) is 65.9 Å². The van der Waals surface area contributed by atoms with E-state index in [9.17, 15) is 4.79 Å². The lowest BCUT2D eigenvalue weighted by Gasteiger charge is -2.16. The third-order valence-corrected chi connectivity index (χ3v) is 5.85. The molecule has 1 atom stereocenters. The summed E-state index contributed by atoms with van der Waals surface area (Å²) in [4.78, 5) is 12.9. The second-order valence-electron chi connectivity index (χ2n) is 6.83. The molecule has 0 aliphatic heterocycles. The van der Waals surface area contributed by atoms with Crippen molar-refractivity contribution in [2.75, 3.05) is 0 Å². The molecule has 27 heavy (non-hydrogen) atoms. The number of rotatable bonds is 6. The molecule has 1 heterocycles. The molecule has 1 N–H and O–H groups in total. The molecule has 0 radical (unpaired) electrons. The Bertz CT molecular complexity index is 952. The molecule has 1 saturated carbocycles. The lowest BCUT2D eigenvalue weighted by molar-refractivity contribution is -0.120. The van der Waals surface area contributed by atoms with Gasteiger partial charge in [-0.15, -0.1) is 5.10 Å².